The van der Waals surface area contributed by atoms with Gasteiger partial charge in [0.1, 0.15) is 18.1 Å². The lowest BCUT2D eigenvalue weighted by Gasteiger charge is -2.18. The van der Waals surface area contributed by atoms with Crippen LogP contribution in [0.1, 0.15) is 43.2 Å². The summed E-state index contributed by atoms with van der Waals surface area (Å²) in [6.07, 6.45) is -0.0885. The highest BCUT2D eigenvalue weighted by molar-refractivity contribution is 5.83. The average molecular weight is 512 g/mol. The van der Waals surface area contributed by atoms with Crippen LogP contribution in [0.15, 0.2) is 42.6 Å². The summed E-state index contributed by atoms with van der Waals surface area (Å²) in [6, 6.07) is 11.1. The molecule has 5 nitrogen and oxygen atoms in total. The minimum absolute atomic E-state index is 0.00492. The highest BCUT2D eigenvalue weighted by atomic mass is 19.4. The first-order valence-electron chi connectivity index (χ1n) is 12.1. The van der Waals surface area contributed by atoms with Crippen molar-refractivity contribution in [3.63, 3.8) is 0 Å². The molecule has 1 aromatic carbocycles. The van der Waals surface area contributed by atoms with E-state index in [1.54, 1.807) is 31.3 Å². The molecule has 2 aromatic rings. The van der Waals surface area contributed by atoms with E-state index in [4.69, 9.17) is 4.74 Å². The Balaban J connectivity index is 1.20. The number of amides is 1. The van der Waals surface area contributed by atoms with Gasteiger partial charge < -0.3 is 15.0 Å². The van der Waals surface area contributed by atoms with E-state index < -0.39 is 36.4 Å². The van der Waals surface area contributed by atoms with Crippen LogP contribution in [0.3, 0.4) is 0 Å². The zero-order chi connectivity index (χ0) is 25.9. The Hall–Kier alpha value is -2.91. The summed E-state index contributed by atoms with van der Waals surface area (Å²) in [5.74, 6) is -2.77. The maximum atomic E-state index is 13.0. The molecule has 3 atom stereocenters. The second-order valence-electron chi connectivity index (χ2n) is 9.76. The van der Waals surface area contributed by atoms with E-state index in [0.717, 1.165) is 43.7 Å². The van der Waals surface area contributed by atoms with Gasteiger partial charge in [0.05, 0.1) is 24.6 Å². The Morgan fingerprint density at radius 1 is 1.22 bits per heavy atom. The lowest BCUT2D eigenvalue weighted by Crippen LogP contribution is -2.36. The number of carbonyl (C=O) groups excluding carboxylic acids is 1. The molecule has 0 spiro atoms. The Morgan fingerprint density at radius 3 is 2.56 bits per heavy atom. The number of hydrogen-bond donors (Lipinski definition) is 1. The largest absolute Gasteiger partial charge is 0.491 e. The molecule has 1 saturated carbocycles. The van der Waals surface area contributed by atoms with Gasteiger partial charge in [0, 0.05) is 19.5 Å². The van der Waals surface area contributed by atoms with Crippen LogP contribution >= 0.6 is 0 Å². The van der Waals surface area contributed by atoms with E-state index in [-0.39, 0.29) is 13.0 Å². The molecule has 1 saturated heterocycles. The summed E-state index contributed by atoms with van der Waals surface area (Å²) >= 11 is 0. The van der Waals surface area contributed by atoms with Crippen molar-refractivity contribution in [3.8, 4) is 5.75 Å². The van der Waals surface area contributed by atoms with E-state index in [9.17, 15) is 26.7 Å². The molecule has 0 radical (unpaired) electrons. The number of benzene rings is 1. The SMILES string of the molecule is CC(C(=O)NCC(F)(F)F)c1ccc(CC[C@@H]2CCN(c3ccc(OCC4CC4(F)F)cn3)C2)cc1. The van der Waals surface area contributed by atoms with E-state index in [2.05, 4.69) is 9.88 Å². The van der Waals surface area contributed by atoms with Crippen LogP contribution in [0.4, 0.5) is 27.8 Å². The second-order valence-corrected chi connectivity index (χ2v) is 9.76. The smallest absolute Gasteiger partial charge is 0.405 e. The number of ether oxygens (including phenoxy) is 1. The van der Waals surface area contributed by atoms with Gasteiger partial charge in [0.25, 0.3) is 5.92 Å². The standard InChI is InChI=1S/C26H30F5N3O2/c1-17(24(35)33-16-26(29,30)31)20-6-4-18(5-7-20)2-3-19-10-11-34(14-19)23-9-8-22(13-32-23)36-15-21-12-25(21,27)28/h4-9,13,17,19,21H,2-3,10-12,14-16H2,1H3,(H,33,35)/t17?,19-,21?/m1/s1. The maximum absolute atomic E-state index is 13.0. The van der Waals surface area contributed by atoms with Crippen molar-refractivity contribution in [2.45, 2.75) is 50.6 Å². The molecule has 1 aliphatic heterocycles. The number of pyridine rings is 1. The van der Waals surface area contributed by atoms with E-state index in [1.165, 1.54) is 0 Å². The van der Waals surface area contributed by atoms with Gasteiger partial charge >= 0.3 is 6.18 Å². The summed E-state index contributed by atoms with van der Waals surface area (Å²) in [5, 5.41) is 1.93. The zero-order valence-electron chi connectivity index (χ0n) is 20.0. The number of nitrogens with one attached hydrogen (secondary N) is 1. The number of rotatable bonds is 10. The zero-order valence-corrected chi connectivity index (χ0v) is 20.0. The number of aryl methyl sites for hydroxylation is 1. The summed E-state index contributed by atoms with van der Waals surface area (Å²) in [6.45, 7) is 2.02. The topological polar surface area (TPSA) is 54.5 Å². The van der Waals surface area contributed by atoms with Crippen molar-refractivity contribution >= 4 is 11.7 Å². The van der Waals surface area contributed by atoms with Crippen LogP contribution in [0, 0.1) is 11.8 Å². The normalized spacial score (nSPS) is 21.8. The lowest BCUT2D eigenvalue weighted by molar-refractivity contribution is -0.139. The first-order valence-corrected chi connectivity index (χ1v) is 12.1. The van der Waals surface area contributed by atoms with Crippen molar-refractivity contribution < 1.29 is 31.5 Å². The predicted molar refractivity (Wildman–Crippen MR) is 125 cm³/mol. The van der Waals surface area contributed by atoms with Gasteiger partial charge in [-0.25, -0.2) is 13.8 Å². The van der Waals surface area contributed by atoms with E-state index in [0.29, 0.717) is 17.2 Å². The van der Waals surface area contributed by atoms with Crippen LogP contribution in [-0.2, 0) is 11.2 Å². The molecule has 196 valence electrons. The van der Waals surface area contributed by atoms with Crippen LogP contribution in [0.25, 0.3) is 0 Å². The maximum Gasteiger partial charge on any atom is 0.405 e. The molecule has 2 aliphatic rings. The first kappa shape index (κ1) is 26.2. The number of anilines is 1. The third-order valence-electron chi connectivity index (χ3n) is 6.91. The fraction of sp³-hybridized carbons (Fsp3) is 0.538. The van der Waals surface area contributed by atoms with E-state index >= 15 is 0 Å². The second kappa shape index (κ2) is 10.6. The molecule has 10 heteroatoms. The molecule has 2 fully saturated rings. The molecule has 36 heavy (non-hydrogen) atoms. The van der Waals surface area contributed by atoms with Crippen LogP contribution in [0.2, 0.25) is 0 Å². The third-order valence-corrected chi connectivity index (χ3v) is 6.91. The van der Waals surface area contributed by atoms with Crippen molar-refractivity contribution in [1.29, 1.82) is 0 Å². The van der Waals surface area contributed by atoms with Gasteiger partial charge in [0.15, 0.2) is 0 Å². The van der Waals surface area contributed by atoms with Gasteiger partial charge in [0.2, 0.25) is 5.91 Å². The summed E-state index contributed by atoms with van der Waals surface area (Å²) in [5.41, 5.74) is 1.79. The number of alkyl halides is 5. The number of aromatic nitrogens is 1. The van der Waals surface area contributed by atoms with Crippen molar-refractivity contribution in [2.24, 2.45) is 11.8 Å². The van der Waals surface area contributed by atoms with Crippen LogP contribution in [-0.4, -0.2) is 49.2 Å². The van der Waals surface area contributed by atoms with Crippen LogP contribution < -0.4 is 15.0 Å². The highest BCUT2D eigenvalue weighted by Gasteiger charge is 2.57. The summed E-state index contributed by atoms with van der Waals surface area (Å²) in [4.78, 5) is 18.6. The first-order chi connectivity index (χ1) is 17.0. The summed E-state index contributed by atoms with van der Waals surface area (Å²) < 4.78 is 68.3. The van der Waals surface area contributed by atoms with Crippen LogP contribution in [0.5, 0.6) is 5.75 Å². The molecular weight excluding hydrogens is 481 g/mol. The molecule has 0 bridgehead atoms. The predicted octanol–water partition coefficient (Wildman–Crippen LogP) is 5.36. The molecule has 4 rings (SSSR count). The number of halogens is 5. The molecule has 1 amide bonds. The monoisotopic (exact) mass is 511 g/mol. The Labute approximate surface area is 207 Å². The van der Waals surface area contributed by atoms with Crippen molar-refractivity contribution in [3.05, 3.63) is 53.7 Å². The minimum atomic E-state index is -4.43. The molecule has 1 aliphatic carbocycles. The quantitative estimate of drug-likeness (QED) is 0.437. The van der Waals surface area contributed by atoms with Crippen molar-refractivity contribution in [2.75, 3.05) is 31.1 Å². The number of nitrogens with zero attached hydrogens (tertiary/aromatic N) is 2. The van der Waals surface area contributed by atoms with Gasteiger partial charge in [-0.15, -0.1) is 0 Å². The van der Waals surface area contributed by atoms with E-state index in [1.807, 2.05) is 23.5 Å². The minimum Gasteiger partial charge on any atom is -0.491 e. The van der Waals surface area contributed by atoms with Gasteiger partial charge in [-0.3, -0.25) is 4.79 Å². The highest BCUT2D eigenvalue weighted by Crippen LogP contribution is 2.48. The Bertz CT molecular complexity index is 1030. The Morgan fingerprint density at radius 2 is 1.94 bits per heavy atom. The molecular formula is C26H30F5N3O2. The number of hydrogen-bond acceptors (Lipinski definition) is 4. The van der Waals surface area contributed by atoms with Gasteiger partial charge in [-0.1, -0.05) is 24.3 Å². The molecule has 1 aromatic heterocycles. The summed E-state index contributed by atoms with van der Waals surface area (Å²) in [7, 11) is 0. The van der Waals surface area contributed by atoms with Gasteiger partial charge in [-0.2, -0.15) is 13.2 Å². The van der Waals surface area contributed by atoms with Gasteiger partial charge in [-0.05, 0) is 55.4 Å². The molecule has 1 N–H and O–H groups in total. The molecule has 2 heterocycles. The fourth-order valence-electron chi connectivity index (χ4n) is 4.40. The average Bonchev–Trinajstić information content (AvgIpc) is 3.22. The third kappa shape index (κ3) is 7.07. The molecule has 2 unspecified atom stereocenters. The Kier molecular flexibility index (Phi) is 7.70. The lowest BCUT2D eigenvalue weighted by atomic mass is 9.95. The van der Waals surface area contributed by atoms with Crippen molar-refractivity contribution in [1.82, 2.24) is 10.3 Å². The number of carbonyl (C=O) groups is 1. The fourth-order valence-corrected chi connectivity index (χ4v) is 4.40.